The topological polar surface area (TPSA) is 112 Å². The van der Waals surface area contributed by atoms with Gasteiger partial charge in [0.25, 0.3) is 0 Å². The molecule has 0 aliphatic carbocycles. The average molecular weight is 412 g/mol. The van der Waals surface area contributed by atoms with Crippen LogP contribution in [0.5, 0.6) is 11.5 Å². The van der Waals surface area contributed by atoms with Crippen molar-refractivity contribution in [1.82, 2.24) is 15.3 Å². The minimum Gasteiger partial charge on any atom is -0.493 e. The van der Waals surface area contributed by atoms with E-state index in [-0.39, 0.29) is 34.8 Å². The summed E-state index contributed by atoms with van der Waals surface area (Å²) in [5, 5.41) is 2.81. The molecule has 0 radical (unpaired) electrons. The molecule has 1 aliphatic rings. The van der Waals surface area contributed by atoms with Gasteiger partial charge in [-0.1, -0.05) is 0 Å². The number of anilines is 2. The van der Waals surface area contributed by atoms with Gasteiger partial charge < -0.3 is 30.2 Å². The number of hydrogen-bond acceptors (Lipinski definition) is 8. The summed E-state index contributed by atoms with van der Waals surface area (Å²) in [5.74, 6) is -1.51. The van der Waals surface area contributed by atoms with E-state index >= 15 is 0 Å². The van der Waals surface area contributed by atoms with E-state index < -0.39 is 43.6 Å². The number of fused-ring (bicyclic) bond motifs is 1. The number of hydrogen-bond donors (Lipinski definition) is 2. The quantitative estimate of drug-likeness (QED) is 0.631. The number of nitrogens with zero attached hydrogens (tertiary/aromatic N) is 3. The van der Waals surface area contributed by atoms with Crippen LogP contribution in [0.2, 0.25) is 0 Å². The Morgan fingerprint density at radius 1 is 1.52 bits per heavy atom. The normalized spacial score (nSPS) is 23.5. The van der Waals surface area contributed by atoms with Gasteiger partial charge in [0.05, 0.1) is 30.6 Å². The van der Waals surface area contributed by atoms with Crippen molar-refractivity contribution in [2.24, 2.45) is 0 Å². The van der Waals surface area contributed by atoms with Crippen LogP contribution in [0.25, 0.3) is 10.9 Å². The molecule has 1 fully saturated rings. The molecular weight excluding hydrogens is 374 g/mol. The Kier molecular flexibility index (Phi) is 3.99. The van der Waals surface area contributed by atoms with Gasteiger partial charge in [0.15, 0.2) is 11.5 Å². The second-order valence-corrected chi connectivity index (χ2v) is 6.65. The second kappa shape index (κ2) is 9.13. The monoisotopic (exact) mass is 411 g/mol. The van der Waals surface area contributed by atoms with Crippen molar-refractivity contribution in [3.63, 3.8) is 0 Å². The summed E-state index contributed by atoms with van der Waals surface area (Å²) >= 11 is 0. The van der Waals surface area contributed by atoms with E-state index in [4.69, 9.17) is 30.9 Å². The molecule has 1 saturated heterocycles. The lowest BCUT2D eigenvalue weighted by atomic mass is 10.1. The van der Waals surface area contributed by atoms with Gasteiger partial charge in [-0.25, -0.2) is 4.98 Å². The van der Waals surface area contributed by atoms with Crippen molar-refractivity contribution < 1.29 is 30.0 Å². The number of aromatic nitrogens is 2. The number of nitrogens with one attached hydrogen (secondary N) is 1. The van der Waals surface area contributed by atoms with E-state index in [1.54, 1.807) is 11.9 Å². The molecule has 1 aliphatic heterocycles. The molecule has 2 aromatic rings. The lowest BCUT2D eigenvalue weighted by molar-refractivity contribution is -0.130. The Morgan fingerprint density at radius 3 is 3.07 bits per heavy atom. The van der Waals surface area contributed by atoms with Gasteiger partial charge in [-0.3, -0.25) is 4.79 Å². The van der Waals surface area contributed by atoms with Crippen molar-refractivity contribution in [3.8, 4) is 11.5 Å². The first-order valence-corrected chi connectivity index (χ1v) is 9.14. The van der Waals surface area contributed by atoms with Gasteiger partial charge in [0, 0.05) is 43.7 Å². The molecule has 0 bridgehead atoms. The first kappa shape index (κ1) is 12.7. The molecule has 1 amide bonds. The van der Waals surface area contributed by atoms with E-state index in [2.05, 4.69) is 15.3 Å². The number of methoxy groups -OCH3 is 2. The summed E-state index contributed by atoms with van der Waals surface area (Å²) in [7, 11) is -4.28. The Morgan fingerprint density at radius 2 is 2.34 bits per heavy atom. The smallest absolute Gasteiger partial charge is 0.249 e. The highest BCUT2D eigenvalue weighted by Crippen LogP contribution is 2.38. The largest absolute Gasteiger partial charge is 0.493 e. The van der Waals surface area contributed by atoms with Crippen LogP contribution in [-0.4, -0.2) is 62.8 Å². The molecule has 3 N–H and O–H groups in total. The predicted octanol–water partition coefficient (Wildman–Crippen LogP) is 1.66. The van der Waals surface area contributed by atoms with Gasteiger partial charge in [0.2, 0.25) is 11.9 Å². The minimum atomic E-state index is -2.99. The fraction of sp³-hybridized carbons (Fsp3) is 0.550. The van der Waals surface area contributed by atoms with Crippen LogP contribution in [0.3, 0.4) is 0 Å². The molecule has 9 nitrogen and oxygen atoms in total. The Bertz CT molecular complexity index is 1170. The van der Waals surface area contributed by atoms with E-state index in [0.717, 1.165) is 0 Å². The maximum Gasteiger partial charge on any atom is 0.249 e. The Hall–Kier alpha value is -2.81. The zero-order chi connectivity index (χ0) is 27.8. The van der Waals surface area contributed by atoms with Crippen LogP contribution in [0.15, 0.2) is 6.04 Å². The van der Waals surface area contributed by atoms with Crippen LogP contribution >= 0.6 is 0 Å². The van der Waals surface area contributed by atoms with Gasteiger partial charge in [-0.2, -0.15) is 4.98 Å². The van der Waals surface area contributed by atoms with E-state index in [9.17, 15) is 4.79 Å². The Balaban J connectivity index is 1.87. The third kappa shape index (κ3) is 4.45. The fourth-order valence-electron chi connectivity index (χ4n) is 3.14. The minimum absolute atomic E-state index is 0.0492. The summed E-state index contributed by atoms with van der Waals surface area (Å²) in [6.45, 7) is 2.45. The molecule has 0 spiro atoms. The van der Waals surface area contributed by atoms with E-state index in [1.807, 2.05) is 0 Å². The number of benzene rings is 1. The number of carbonyl (C=O) groups excluding carboxylic acids is 1. The Labute approximate surface area is 181 Å². The highest BCUT2D eigenvalue weighted by Gasteiger charge is 2.23. The number of nitrogens with two attached hydrogens (primary N) is 1. The van der Waals surface area contributed by atoms with Crippen LogP contribution in [-0.2, 0) is 9.53 Å². The van der Waals surface area contributed by atoms with E-state index in [0.29, 0.717) is 32.4 Å². The summed E-state index contributed by atoms with van der Waals surface area (Å²) in [6, 6.07) is -0.524. The summed E-state index contributed by atoms with van der Waals surface area (Å²) in [4.78, 5) is 22.4. The molecule has 0 saturated carbocycles. The number of ether oxygens (including phenoxy) is 3. The van der Waals surface area contributed by atoms with E-state index in [1.165, 1.54) is 6.92 Å². The first-order valence-electron chi connectivity index (χ1n) is 13.1. The predicted molar refractivity (Wildman–Crippen MR) is 112 cm³/mol. The second-order valence-electron chi connectivity index (χ2n) is 6.65. The first-order chi connectivity index (χ1) is 17.0. The maximum atomic E-state index is 12.2. The van der Waals surface area contributed by atoms with Gasteiger partial charge in [-0.15, -0.1) is 0 Å². The molecule has 2 heterocycles. The number of aryl methyl sites for hydroxylation is 1. The van der Waals surface area contributed by atoms with Crippen molar-refractivity contribution >= 4 is 28.6 Å². The highest BCUT2D eigenvalue weighted by molar-refractivity contribution is 5.95. The number of amides is 1. The molecule has 1 atom stereocenters. The third-order valence-electron chi connectivity index (χ3n) is 4.66. The van der Waals surface area contributed by atoms with Crippen molar-refractivity contribution in [2.45, 2.75) is 32.3 Å². The average Bonchev–Trinajstić information content (AvgIpc) is 3.22. The number of carbonyl (C=O) groups is 1. The maximum absolute atomic E-state index is 12.2. The SMILES string of the molecule is [2H]c1c(OC([2H])([2H])[2H])c(OC([2H])([2H])[2H])c(C)c2c(N)nc(N(C)CCCNC(=O)C3([2H])CCCO3)nc12. The van der Waals surface area contributed by atoms with Crippen molar-refractivity contribution in [3.05, 3.63) is 11.6 Å². The molecule has 29 heavy (non-hydrogen) atoms. The lowest BCUT2D eigenvalue weighted by Crippen LogP contribution is -2.36. The highest BCUT2D eigenvalue weighted by atomic mass is 16.5. The molecule has 1 aromatic heterocycles. The zero-order valence-corrected chi connectivity index (χ0v) is 16.3. The molecular formula is C20H29N5O4. The summed E-state index contributed by atoms with van der Waals surface area (Å²) in [6.07, 6.45) is -0.100. The van der Waals surface area contributed by atoms with Crippen LogP contribution < -0.4 is 25.4 Å². The van der Waals surface area contributed by atoms with Gasteiger partial charge in [0.1, 0.15) is 11.9 Å². The molecule has 3 rings (SSSR count). The van der Waals surface area contributed by atoms with Gasteiger partial charge >= 0.3 is 0 Å². The lowest BCUT2D eigenvalue weighted by Gasteiger charge is -2.20. The standard InChI is InChI=1S/C20H29N5O4/c1-12-16-13(11-15(27-3)17(12)28-4)23-20(24-18(16)21)25(2)9-6-8-22-19(26)14-7-5-10-29-14/h11,14H,5-10H2,1-4H3,(H,22,26)(H2,21,23,24)/i3D3,4D3,11D,14D. The number of nitrogen functional groups attached to an aromatic ring is 1. The molecule has 158 valence electrons. The molecule has 1 unspecified atom stereocenters. The van der Waals surface area contributed by atoms with Gasteiger partial charge in [-0.05, 0) is 26.2 Å². The van der Waals surface area contributed by atoms with Crippen molar-refractivity contribution in [1.29, 1.82) is 0 Å². The summed E-state index contributed by atoms with van der Waals surface area (Å²) < 4.78 is 76.3. The fourth-order valence-corrected chi connectivity index (χ4v) is 3.14. The van der Waals surface area contributed by atoms with Crippen LogP contribution in [0.4, 0.5) is 11.8 Å². The summed E-state index contributed by atoms with van der Waals surface area (Å²) in [5.41, 5.74) is 6.21. The molecule has 1 aromatic carbocycles. The number of rotatable bonds is 8. The third-order valence-corrected chi connectivity index (χ3v) is 4.66. The molecule has 9 heteroatoms. The van der Waals surface area contributed by atoms with Crippen LogP contribution in [0, 0.1) is 6.92 Å². The zero-order valence-electron chi connectivity index (χ0n) is 24.3. The van der Waals surface area contributed by atoms with Crippen LogP contribution in [0.1, 0.15) is 35.8 Å². The van der Waals surface area contributed by atoms with Crippen molar-refractivity contribution in [2.75, 3.05) is 51.5 Å².